The molecule has 0 bridgehead atoms. The predicted molar refractivity (Wildman–Crippen MR) is 93.7 cm³/mol. The van der Waals surface area contributed by atoms with Crippen LogP contribution in [0.5, 0.6) is 0 Å². The molecule has 3 rings (SSSR count). The van der Waals surface area contributed by atoms with Crippen molar-refractivity contribution >= 4 is 17.2 Å². The third kappa shape index (κ3) is 3.85. The summed E-state index contributed by atoms with van der Waals surface area (Å²) in [4.78, 5) is 18.3. The highest BCUT2D eigenvalue weighted by atomic mass is 32.1. The number of aryl methyl sites for hydroxylation is 1. The standard InChI is InChI=1S/C17H24N4O2S/c1-12-4-5-14(24-12)11-20-6-7-21-13(10-20)8-15(18-21)16(22)9-17(23)19(2)3/h4-5,8,16,22H,6-7,9-11H2,1-3H3. The van der Waals surface area contributed by atoms with E-state index in [9.17, 15) is 9.90 Å². The van der Waals surface area contributed by atoms with Crippen molar-refractivity contribution in [3.63, 3.8) is 0 Å². The average Bonchev–Trinajstić information content (AvgIpc) is 3.12. The number of carbonyl (C=O) groups is 1. The minimum Gasteiger partial charge on any atom is -0.386 e. The molecule has 1 N–H and O–H groups in total. The van der Waals surface area contributed by atoms with Crippen molar-refractivity contribution in [3.8, 4) is 0 Å². The summed E-state index contributed by atoms with van der Waals surface area (Å²) in [5, 5.41) is 14.7. The molecular weight excluding hydrogens is 324 g/mol. The van der Waals surface area contributed by atoms with Crippen molar-refractivity contribution < 1.29 is 9.90 Å². The van der Waals surface area contributed by atoms with Crippen molar-refractivity contribution in [2.75, 3.05) is 20.6 Å². The zero-order chi connectivity index (χ0) is 17.3. The Morgan fingerprint density at radius 1 is 1.42 bits per heavy atom. The van der Waals surface area contributed by atoms with Crippen LogP contribution >= 0.6 is 11.3 Å². The van der Waals surface area contributed by atoms with Gasteiger partial charge in [-0.15, -0.1) is 11.3 Å². The van der Waals surface area contributed by atoms with Gasteiger partial charge in [0.15, 0.2) is 0 Å². The van der Waals surface area contributed by atoms with Gasteiger partial charge in [-0.2, -0.15) is 5.10 Å². The van der Waals surface area contributed by atoms with Gasteiger partial charge in [0.25, 0.3) is 0 Å². The van der Waals surface area contributed by atoms with E-state index in [4.69, 9.17) is 0 Å². The van der Waals surface area contributed by atoms with E-state index < -0.39 is 6.10 Å². The fourth-order valence-electron chi connectivity index (χ4n) is 2.88. The van der Waals surface area contributed by atoms with Crippen LogP contribution in [0, 0.1) is 6.92 Å². The van der Waals surface area contributed by atoms with E-state index in [2.05, 4.69) is 29.1 Å². The first-order chi connectivity index (χ1) is 11.4. The monoisotopic (exact) mass is 348 g/mol. The minimum absolute atomic E-state index is 0.0711. The van der Waals surface area contributed by atoms with E-state index in [1.807, 2.05) is 22.1 Å². The fourth-order valence-corrected chi connectivity index (χ4v) is 3.82. The lowest BCUT2D eigenvalue weighted by molar-refractivity contribution is -0.130. The summed E-state index contributed by atoms with van der Waals surface area (Å²) in [6.07, 6.45) is -0.770. The molecule has 0 saturated heterocycles. The number of aliphatic hydroxyl groups is 1. The topological polar surface area (TPSA) is 61.6 Å². The number of aromatic nitrogens is 2. The summed E-state index contributed by atoms with van der Waals surface area (Å²) in [6.45, 7) is 5.65. The molecule has 0 radical (unpaired) electrons. The minimum atomic E-state index is -0.841. The number of thiophene rings is 1. The van der Waals surface area contributed by atoms with Crippen molar-refractivity contribution in [1.29, 1.82) is 0 Å². The molecule has 130 valence electrons. The van der Waals surface area contributed by atoms with Crippen LogP contribution in [0.2, 0.25) is 0 Å². The molecule has 1 aliphatic heterocycles. The first-order valence-electron chi connectivity index (χ1n) is 8.15. The summed E-state index contributed by atoms with van der Waals surface area (Å²) >= 11 is 1.84. The van der Waals surface area contributed by atoms with Gasteiger partial charge < -0.3 is 10.0 Å². The zero-order valence-corrected chi connectivity index (χ0v) is 15.2. The van der Waals surface area contributed by atoms with Gasteiger partial charge in [0.1, 0.15) is 6.10 Å². The molecule has 2 aromatic rings. The number of carbonyl (C=O) groups excluding carboxylic acids is 1. The summed E-state index contributed by atoms with van der Waals surface area (Å²) in [5.41, 5.74) is 1.69. The highest BCUT2D eigenvalue weighted by Gasteiger charge is 2.23. The Morgan fingerprint density at radius 3 is 2.88 bits per heavy atom. The van der Waals surface area contributed by atoms with E-state index in [-0.39, 0.29) is 12.3 Å². The highest BCUT2D eigenvalue weighted by molar-refractivity contribution is 7.11. The van der Waals surface area contributed by atoms with Crippen LogP contribution in [0.1, 0.15) is 33.7 Å². The molecule has 7 heteroatoms. The number of hydrogen-bond acceptors (Lipinski definition) is 5. The van der Waals surface area contributed by atoms with Crippen molar-refractivity contribution in [3.05, 3.63) is 39.3 Å². The third-order valence-corrected chi connectivity index (χ3v) is 5.26. The number of nitrogens with zero attached hydrogens (tertiary/aromatic N) is 4. The Labute approximate surface area is 146 Å². The van der Waals surface area contributed by atoms with Gasteiger partial charge in [-0.05, 0) is 25.1 Å². The van der Waals surface area contributed by atoms with Crippen LogP contribution in [0.15, 0.2) is 18.2 Å². The third-order valence-electron chi connectivity index (χ3n) is 4.28. The molecule has 1 amide bonds. The fraction of sp³-hybridized carbons (Fsp3) is 0.529. The van der Waals surface area contributed by atoms with Crippen molar-refractivity contribution in [1.82, 2.24) is 19.6 Å². The summed E-state index contributed by atoms with van der Waals surface area (Å²) in [5.74, 6) is -0.0943. The lowest BCUT2D eigenvalue weighted by Gasteiger charge is -2.26. The number of amides is 1. The molecule has 6 nitrogen and oxygen atoms in total. The van der Waals surface area contributed by atoms with Crippen LogP contribution in [0.3, 0.4) is 0 Å². The molecule has 3 heterocycles. The molecule has 2 aromatic heterocycles. The van der Waals surface area contributed by atoms with Gasteiger partial charge in [0.05, 0.1) is 24.4 Å². The van der Waals surface area contributed by atoms with Gasteiger partial charge in [0.2, 0.25) is 5.91 Å². The maximum absolute atomic E-state index is 11.8. The average molecular weight is 348 g/mol. The van der Waals surface area contributed by atoms with Crippen molar-refractivity contribution in [2.24, 2.45) is 0 Å². The second-order valence-electron chi connectivity index (χ2n) is 6.51. The van der Waals surface area contributed by atoms with Crippen LogP contribution in [0.25, 0.3) is 0 Å². The summed E-state index contributed by atoms with van der Waals surface area (Å²) in [6, 6.07) is 6.28. The maximum Gasteiger partial charge on any atom is 0.225 e. The molecule has 0 fully saturated rings. The number of aliphatic hydroxyl groups excluding tert-OH is 1. The summed E-state index contributed by atoms with van der Waals surface area (Å²) < 4.78 is 1.95. The van der Waals surface area contributed by atoms with Crippen LogP contribution in [-0.4, -0.2) is 51.2 Å². The molecule has 1 unspecified atom stereocenters. The van der Waals surface area contributed by atoms with Gasteiger partial charge in [-0.3, -0.25) is 14.4 Å². The second kappa shape index (κ2) is 7.04. The van der Waals surface area contributed by atoms with Crippen LogP contribution in [-0.2, 0) is 24.4 Å². The van der Waals surface area contributed by atoms with Crippen molar-refractivity contribution in [2.45, 2.75) is 39.1 Å². The lowest BCUT2D eigenvalue weighted by Crippen LogP contribution is -2.33. The van der Waals surface area contributed by atoms with E-state index >= 15 is 0 Å². The molecule has 1 aliphatic rings. The van der Waals surface area contributed by atoms with Gasteiger partial charge in [-0.1, -0.05) is 0 Å². The Kier molecular flexibility index (Phi) is 5.03. The van der Waals surface area contributed by atoms with E-state index in [0.29, 0.717) is 5.69 Å². The second-order valence-corrected chi connectivity index (χ2v) is 7.89. The van der Waals surface area contributed by atoms with E-state index in [1.54, 1.807) is 14.1 Å². The number of fused-ring (bicyclic) bond motifs is 1. The first kappa shape index (κ1) is 17.1. The Bertz CT molecular complexity index is 722. The van der Waals surface area contributed by atoms with E-state index in [1.165, 1.54) is 14.7 Å². The molecule has 0 aliphatic carbocycles. The lowest BCUT2D eigenvalue weighted by atomic mass is 10.1. The smallest absolute Gasteiger partial charge is 0.225 e. The Hall–Kier alpha value is -1.70. The van der Waals surface area contributed by atoms with Gasteiger partial charge >= 0.3 is 0 Å². The van der Waals surface area contributed by atoms with E-state index in [0.717, 1.165) is 31.9 Å². The maximum atomic E-state index is 11.8. The largest absolute Gasteiger partial charge is 0.386 e. The predicted octanol–water partition coefficient (Wildman–Crippen LogP) is 1.78. The van der Waals surface area contributed by atoms with Crippen LogP contribution in [0.4, 0.5) is 0 Å². The molecule has 0 spiro atoms. The zero-order valence-electron chi connectivity index (χ0n) is 14.4. The SMILES string of the molecule is Cc1ccc(CN2CCn3nc(C(O)CC(=O)N(C)C)cc3C2)s1. The Morgan fingerprint density at radius 2 is 2.21 bits per heavy atom. The van der Waals surface area contributed by atoms with Gasteiger partial charge in [-0.25, -0.2) is 0 Å². The van der Waals surface area contributed by atoms with Gasteiger partial charge in [0, 0.05) is 43.5 Å². The summed E-state index contributed by atoms with van der Waals surface area (Å²) in [7, 11) is 3.38. The Balaban J connectivity index is 1.64. The molecule has 0 aromatic carbocycles. The first-order valence-corrected chi connectivity index (χ1v) is 8.96. The van der Waals surface area contributed by atoms with Crippen LogP contribution < -0.4 is 0 Å². The molecule has 1 atom stereocenters. The number of hydrogen-bond donors (Lipinski definition) is 1. The quantitative estimate of drug-likeness (QED) is 0.895. The molecule has 0 saturated carbocycles. The highest BCUT2D eigenvalue weighted by Crippen LogP contribution is 2.23. The molecule has 24 heavy (non-hydrogen) atoms. The number of rotatable bonds is 5. The normalized spacial score (nSPS) is 16.0. The molecular formula is C17H24N4O2S.